The van der Waals surface area contributed by atoms with E-state index < -0.39 is 5.54 Å². The molecule has 1 rings (SSSR count). The van der Waals surface area contributed by atoms with Gasteiger partial charge in [-0.3, -0.25) is 4.79 Å². The number of rotatable bonds is 4. The van der Waals surface area contributed by atoms with Gasteiger partial charge in [0.1, 0.15) is 0 Å². The van der Waals surface area contributed by atoms with Crippen molar-refractivity contribution in [2.24, 2.45) is 5.73 Å². The SMILES string of the molecule is CCC(N)(CC)C(=O)NC1COC1. The molecule has 0 aliphatic carbocycles. The van der Waals surface area contributed by atoms with Gasteiger partial charge in [0.05, 0.1) is 24.8 Å². The van der Waals surface area contributed by atoms with Crippen molar-refractivity contribution >= 4 is 5.91 Å². The van der Waals surface area contributed by atoms with Crippen molar-refractivity contribution < 1.29 is 9.53 Å². The Labute approximate surface area is 78.8 Å². The average molecular weight is 186 g/mol. The quantitative estimate of drug-likeness (QED) is 0.650. The van der Waals surface area contributed by atoms with Crippen LogP contribution in [0.4, 0.5) is 0 Å². The fourth-order valence-corrected chi connectivity index (χ4v) is 1.22. The molecule has 0 atom stereocenters. The molecule has 1 aliphatic heterocycles. The molecule has 0 bridgehead atoms. The average Bonchev–Trinajstić information content (AvgIpc) is 2.09. The summed E-state index contributed by atoms with van der Waals surface area (Å²) in [6.45, 7) is 5.10. The van der Waals surface area contributed by atoms with E-state index >= 15 is 0 Å². The monoisotopic (exact) mass is 186 g/mol. The van der Waals surface area contributed by atoms with E-state index in [0.717, 1.165) is 0 Å². The van der Waals surface area contributed by atoms with Crippen LogP contribution in [0.3, 0.4) is 0 Å². The molecule has 1 fully saturated rings. The van der Waals surface area contributed by atoms with Crippen LogP contribution in [0.15, 0.2) is 0 Å². The summed E-state index contributed by atoms with van der Waals surface area (Å²) in [6.07, 6.45) is 1.34. The van der Waals surface area contributed by atoms with Gasteiger partial charge in [-0.15, -0.1) is 0 Å². The van der Waals surface area contributed by atoms with E-state index in [0.29, 0.717) is 26.1 Å². The Bertz CT molecular complexity index is 186. The summed E-state index contributed by atoms with van der Waals surface area (Å²) in [4.78, 5) is 11.6. The van der Waals surface area contributed by atoms with Gasteiger partial charge in [0.2, 0.25) is 5.91 Å². The highest BCUT2D eigenvalue weighted by Crippen LogP contribution is 2.12. The number of hydrogen-bond donors (Lipinski definition) is 2. The second kappa shape index (κ2) is 4.07. The molecule has 0 aromatic heterocycles. The highest BCUT2D eigenvalue weighted by Gasteiger charge is 2.32. The maximum absolute atomic E-state index is 11.6. The van der Waals surface area contributed by atoms with E-state index in [1.54, 1.807) is 0 Å². The number of nitrogens with one attached hydrogen (secondary N) is 1. The molecule has 1 saturated heterocycles. The third-order valence-electron chi connectivity index (χ3n) is 2.69. The van der Waals surface area contributed by atoms with Gasteiger partial charge in [0, 0.05) is 0 Å². The first-order valence-electron chi connectivity index (χ1n) is 4.80. The van der Waals surface area contributed by atoms with Crippen LogP contribution >= 0.6 is 0 Å². The first kappa shape index (κ1) is 10.5. The third kappa shape index (κ3) is 2.19. The molecule has 1 amide bonds. The molecule has 0 spiro atoms. The molecule has 1 aliphatic rings. The number of ether oxygens (including phenoxy) is 1. The fourth-order valence-electron chi connectivity index (χ4n) is 1.22. The van der Waals surface area contributed by atoms with Crippen molar-refractivity contribution in [3.63, 3.8) is 0 Å². The Morgan fingerprint density at radius 3 is 2.38 bits per heavy atom. The normalized spacial score (nSPS) is 18.1. The molecule has 0 aromatic rings. The van der Waals surface area contributed by atoms with Crippen LogP contribution in [0.2, 0.25) is 0 Å². The van der Waals surface area contributed by atoms with Gasteiger partial charge in [-0.25, -0.2) is 0 Å². The van der Waals surface area contributed by atoms with Gasteiger partial charge >= 0.3 is 0 Å². The smallest absolute Gasteiger partial charge is 0.240 e. The van der Waals surface area contributed by atoms with Gasteiger partial charge in [0.15, 0.2) is 0 Å². The van der Waals surface area contributed by atoms with Gasteiger partial charge in [-0.2, -0.15) is 0 Å². The second-order valence-electron chi connectivity index (χ2n) is 3.57. The summed E-state index contributed by atoms with van der Waals surface area (Å²) in [5, 5.41) is 2.87. The van der Waals surface area contributed by atoms with Crippen molar-refractivity contribution in [2.75, 3.05) is 13.2 Å². The second-order valence-corrected chi connectivity index (χ2v) is 3.57. The topological polar surface area (TPSA) is 64.4 Å². The largest absolute Gasteiger partial charge is 0.377 e. The highest BCUT2D eigenvalue weighted by molar-refractivity contribution is 5.86. The van der Waals surface area contributed by atoms with Crippen molar-refractivity contribution in [3.05, 3.63) is 0 Å². The summed E-state index contributed by atoms with van der Waals surface area (Å²) >= 11 is 0. The molecule has 4 nitrogen and oxygen atoms in total. The molecule has 1 heterocycles. The van der Waals surface area contributed by atoms with Gasteiger partial charge in [-0.05, 0) is 12.8 Å². The van der Waals surface area contributed by atoms with Crippen molar-refractivity contribution in [2.45, 2.75) is 38.3 Å². The summed E-state index contributed by atoms with van der Waals surface area (Å²) in [7, 11) is 0. The Morgan fingerprint density at radius 1 is 1.54 bits per heavy atom. The first-order valence-corrected chi connectivity index (χ1v) is 4.80. The molecular formula is C9H18N2O2. The number of carbonyl (C=O) groups excluding carboxylic acids is 1. The van der Waals surface area contributed by atoms with Crippen molar-refractivity contribution in [3.8, 4) is 0 Å². The summed E-state index contributed by atoms with van der Waals surface area (Å²) in [6, 6.07) is 0.175. The molecule has 0 aromatic carbocycles. The van der Waals surface area contributed by atoms with E-state index in [4.69, 9.17) is 10.5 Å². The van der Waals surface area contributed by atoms with E-state index in [-0.39, 0.29) is 11.9 Å². The van der Waals surface area contributed by atoms with Crippen LogP contribution in [0, 0.1) is 0 Å². The molecule has 0 radical (unpaired) electrons. The molecular weight excluding hydrogens is 168 g/mol. The Morgan fingerprint density at radius 2 is 2.08 bits per heavy atom. The van der Waals surface area contributed by atoms with Crippen LogP contribution < -0.4 is 11.1 Å². The zero-order valence-electron chi connectivity index (χ0n) is 8.30. The third-order valence-corrected chi connectivity index (χ3v) is 2.69. The van der Waals surface area contributed by atoms with Gasteiger partial charge < -0.3 is 15.8 Å². The number of hydrogen-bond acceptors (Lipinski definition) is 3. The molecule has 3 N–H and O–H groups in total. The lowest BCUT2D eigenvalue weighted by Gasteiger charge is -2.32. The zero-order chi connectivity index (χ0) is 9.90. The van der Waals surface area contributed by atoms with Crippen LogP contribution in [-0.2, 0) is 9.53 Å². The maximum Gasteiger partial charge on any atom is 0.240 e. The van der Waals surface area contributed by atoms with E-state index in [1.165, 1.54) is 0 Å². The minimum Gasteiger partial charge on any atom is -0.377 e. The van der Waals surface area contributed by atoms with Crippen LogP contribution in [0.1, 0.15) is 26.7 Å². The van der Waals surface area contributed by atoms with E-state index in [9.17, 15) is 4.79 Å². The molecule has 0 unspecified atom stereocenters. The predicted molar refractivity (Wildman–Crippen MR) is 50.3 cm³/mol. The first-order chi connectivity index (χ1) is 6.12. The summed E-state index contributed by atoms with van der Waals surface area (Å²) in [5.41, 5.74) is 5.22. The minimum absolute atomic E-state index is 0.0502. The van der Waals surface area contributed by atoms with Crippen LogP contribution in [-0.4, -0.2) is 30.7 Å². The molecule has 76 valence electrons. The lowest BCUT2D eigenvalue weighted by Crippen LogP contribution is -2.59. The number of amides is 1. The minimum atomic E-state index is -0.699. The highest BCUT2D eigenvalue weighted by atomic mass is 16.5. The Hall–Kier alpha value is -0.610. The standard InChI is InChI=1S/C9H18N2O2/c1-3-9(10,4-2)8(12)11-7-5-13-6-7/h7H,3-6,10H2,1-2H3,(H,11,12). The Kier molecular flexibility index (Phi) is 3.27. The van der Waals surface area contributed by atoms with Gasteiger partial charge in [0.25, 0.3) is 0 Å². The zero-order valence-corrected chi connectivity index (χ0v) is 8.30. The van der Waals surface area contributed by atoms with Crippen LogP contribution in [0.25, 0.3) is 0 Å². The summed E-state index contributed by atoms with van der Waals surface area (Å²) < 4.78 is 4.96. The van der Waals surface area contributed by atoms with E-state index in [1.807, 2.05) is 13.8 Å². The lowest BCUT2D eigenvalue weighted by atomic mass is 9.93. The Balaban J connectivity index is 2.43. The predicted octanol–water partition coefficient (Wildman–Crippen LogP) is 0.0189. The van der Waals surface area contributed by atoms with Crippen LogP contribution in [0.5, 0.6) is 0 Å². The fraction of sp³-hybridized carbons (Fsp3) is 0.889. The molecule has 13 heavy (non-hydrogen) atoms. The number of nitrogens with two attached hydrogens (primary N) is 1. The summed E-state index contributed by atoms with van der Waals surface area (Å²) in [5.74, 6) is -0.0502. The van der Waals surface area contributed by atoms with Gasteiger partial charge in [-0.1, -0.05) is 13.8 Å². The molecule has 4 heteroatoms. The maximum atomic E-state index is 11.6. The number of carbonyl (C=O) groups is 1. The van der Waals surface area contributed by atoms with Crippen molar-refractivity contribution in [1.82, 2.24) is 5.32 Å². The van der Waals surface area contributed by atoms with E-state index in [2.05, 4.69) is 5.32 Å². The lowest BCUT2D eigenvalue weighted by molar-refractivity contribution is -0.130. The molecule has 0 saturated carbocycles. The van der Waals surface area contributed by atoms with Crippen molar-refractivity contribution in [1.29, 1.82) is 0 Å².